The number of aliphatic hydroxyl groups is 1. The van der Waals surface area contributed by atoms with Gasteiger partial charge in [0.05, 0.1) is 23.2 Å². The Labute approximate surface area is 164 Å². The van der Waals surface area contributed by atoms with E-state index in [1.54, 1.807) is 0 Å². The first-order chi connectivity index (χ1) is 13.3. The van der Waals surface area contributed by atoms with Gasteiger partial charge in [-0.05, 0) is 36.8 Å². The fraction of sp³-hybridized carbons (Fsp3) is 0.263. The molecule has 1 saturated heterocycles. The highest BCUT2D eigenvalue weighted by Gasteiger charge is 2.30. The maximum absolute atomic E-state index is 14.4. The number of benzene rings is 2. The van der Waals surface area contributed by atoms with Crippen molar-refractivity contribution in [1.82, 2.24) is 4.90 Å². The number of amides is 2. The third-order valence-electron chi connectivity index (χ3n) is 4.51. The normalized spacial score (nSPS) is 16.3. The monoisotopic (exact) mass is 410 g/mol. The Morgan fingerprint density at radius 1 is 1.18 bits per heavy atom. The summed E-state index contributed by atoms with van der Waals surface area (Å²) in [6.07, 6.45) is -0.222. The average molecular weight is 411 g/mol. The minimum Gasteiger partial charge on any atom is -0.478 e. The fourth-order valence-electron chi connectivity index (χ4n) is 2.99. The maximum atomic E-state index is 14.4. The SMILES string of the molecule is O=C(O)c1ccc(CN(C(=O)N2CC[C@@H](O)C2)c2ccc(F)c(Cl)c2)c(F)c1. The van der Waals surface area contributed by atoms with Crippen LogP contribution in [0.3, 0.4) is 0 Å². The molecule has 1 heterocycles. The molecule has 0 bridgehead atoms. The number of carboxylic acid groups (broad SMARTS) is 1. The van der Waals surface area contributed by atoms with E-state index in [0.717, 1.165) is 12.1 Å². The highest BCUT2D eigenvalue weighted by atomic mass is 35.5. The molecule has 1 atom stereocenters. The zero-order valence-electron chi connectivity index (χ0n) is 14.6. The molecule has 0 aliphatic carbocycles. The van der Waals surface area contributed by atoms with Gasteiger partial charge in [-0.25, -0.2) is 18.4 Å². The third-order valence-corrected chi connectivity index (χ3v) is 4.80. The molecule has 148 valence electrons. The molecule has 0 unspecified atom stereocenters. The summed E-state index contributed by atoms with van der Waals surface area (Å²) >= 11 is 5.83. The first-order valence-electron chi connectivity index (χ1n) is 8.47. The zero-order valence-corrected chi connectivity index (χ0v) is 15.4. The van der Waals surface area contributed by atoms with Gasteiger partial charge in [0.25, 0.3) is 0 Å². The van der Waals surface area contributed by atoms with Gasteiger partial charge >= 0.3 is 12.0 Å². The van der Waals surface area contributed by atoms with Crippen molar-refractivity contribution in [1.29, 1.82) is 0 Å². The minimum atomic E-state index is -1.27. The topological polar surface area (TPSA) is 81.1 Å². The van der Waals surface area contributed by atoms with Gasteiger partial charge in [0, 0.05) is 24.3 Å². The number of likely N-dealkylation sites (tertiary alicyclic amines) is 1. The molecular weight excluding hydrogens is 394 g/mol. The molecule has 1 aliphatic heterocycles. The summed E-state index contributed by atoms with van der Waals surface area (Å²) in [4.78, 5) is 26.6. The second kappa shape index (κ2) is 8.12. The van der Waals surface area contributed by atoms with E-state index in [1.165, 1.54) is 34.1 Å². The van der Waals surface area contributed by atoms with Crippen LogP contribution in [0.4, 0.5) is 19.3 Å². The van der Waals surface area contributed by atoms with E-state index >= 15 is 0 Å². The van der Waals surface area contributed by atoms with E-state index in [2.05, 4.69) is 0 Å². The minimum absolute atomic E-state index is 0.0820. The van der Waals surface area contributed by atoms with Crippen molar-refractivity contribution in [2.75, 3.05) is 18.0 Å². The van der Waals surface area contributed by atoms with E-state index < -0.39 is 29.7 Å². The molecule has 0 saturated carbocycles. The van der Waals surface area contributed by atoms with Gasteiger partial charge in [-0.2, -0.15) is 0 Å². The van der Waals surface area contributed by atoms with Gasteiger partial charge in [-0.1, -0.05) is 17.7 Å². The average Bonchev–Trinajstić information content (AvgIpc) is 3.09. The Balaban J connectivity index is 1.95. The molecule has 6 nitrogen and oxygen atoms in total. The van der Waals surface area contributed by atoms with Gasteiger partial charge < -0.3 is 15.1 Å². The summed E-state index contributed by atoms with van der Waals surface area (Å²) in [6, 6.07) is 6.59. The fourth-order valence-corrected chi connectivity index (χ4v) is 3.16. The van der Waals surface area contributed by atoms with E-state index in [0.29, 0.717) is 13.0 Å². The molecule has 2 aromatic carbocycles. The number of carboxylic acids is 1. The quantitative estimate of drug-likeness (QED) is 0.808. The molecule has 2 N–H and O–H groups in total. The molecule has 2 amide bonds. The number of carbonyl (C=O) groups excluding carboxylic acids is 1. The van der Waals surface area contributed by atoms with E-state index in [9.17, 15) is 23.5 Å². The second-order valence-electron chi connectivity index (χ2n) is 6.47. The lowest BCUT2D eigenvalue weighted by Crippen LogP contribution is -2.42. The van der Waals surface area contributed by atoms with Crippen LogP contribution < -0.4 is 4.90 Å². The van der Waals surface area contributed by atoms with Gasteiger partial charge in [-0.3, -0.25) is 4.90 Å². The molecule has 2 aromatic rings. The lowest BCUT2D eigenvalue weighted by atomic mass is 10.1. The van der Waals surface area contributed by atoms with Crippen LogP contribution in [-0.2, 0) is 6.54 Å². The van der Waals surface area contributed by atoms with Crippen molar-refractivity contribution in [3.63, 3.8) is 0 Å². The molecule has 9 heteroatoms. The highest BCUT2D eigenvalue weighted by molar-refractivity contribution is 6.31. The van der Waals surface area contributed by atoms with E-state index in [4.69, 9.17) is 16.7 Å². The van der Waals surface area contributed by atoms with Crippen molar-refractivity contribution in [3.8, 4) is 0 Å². The number of aromatic carboxylic acids is 1. The Morgan fingerprint density at radius 2 is 1.93 bits per heavy atom. The van der Waals surface area contributed by atoms with Crippen LogP contribution in [0.2, 0.25) is 5.02 Å². The molecule has 3 rings (SSSR count). The molecule has 1 aliphatic rings. The lowest BCUT2D eigenvalue weighted by Gasteiger charge is -2.28. The molecule has 0 spiro atoms. The summed E-state index contributed by atoms with van der Waals surface area (Å²) in [5, 5.41) is 18.5. The molecule has 28 heavy (non-hydrogen) atoms. The highest BCUT2D eigenvalue weighted by Crippen LogP contribution is 2.27. The van der Waals surface area contributed by atoms with Gasteiger partial charge in [0.15, 0.2) is 0 Å². The second-order valence-corrected chi connectivity index (χ2v) is 6.87. The third kappa shape index (κ3) is 4.23. The summed E-state index contributed by atoms with van der Waals surface area (Å²) in [5.74, 6) is -2.71. The predicted molar refractivity (Wildman–Crippen MR) is 98.5 cm³/mol. The first-order valence-corrected chi connectivity index (χ1v) is 8.85. The van der Waals surface area contributed by atoms with Crippen molar-refractivity contribution in [3.05, 3.63) is 64.2 Å². The molecule has 0 aromatic heterocycles. The van der Waals surface area contributed by atoms with Crippen LogP contribution in [0.15, 0.2) is 36.4 Å². The number of carbonyl (C=O) groups is 2. The number of aliphatic hydroxyl groups excluding tert-OH is 1. The van der Waals surface area contributed by atoms with Crippen LogP contribution >= 0.6 is 11.6 Å². The van der Waals surface area contributed by atoms with Crippen molar-refractivity contribution < 1.29 is 28.6 Å². The van der Waals surface area contributed by atoms with E-state index in [1.807, 2.05) is 0 Å². The number of urea groups is 1. The Morgan fingerprint density at radius 3 is 2.50 bits per heavy atom. The smallest absolute Gasteiger partial charge is 0.335 e. The lowest BCUT2D eigenvalue weighted by molar-refractivity contribution is 0.0696. The Bertz CT molecular complexity index is 925. The van der Waals surface area contributed by atoms with Gasteiger partial charge in [0.2, 0.25) is 0 Å². The first kappa shape index (κ1) is 20.0. The maximum Gasteiger partial charge on any atom is 0.335 e. The van der Waals surface area contributed by atoms with Crippen LogP contribution in [0.5, 0.6) is 0 Å². The van der Waals surface area contributed by atoms with Crippen LogP contribution in [0, 0.1) is 11.6 Å². The number of rotatable bonds is 4. The number of hydrogen-bond donors (Lipinski definition) is 2. The summed E-state index contributed by atoms with van der Waals surface area (Å²) in [6.45, 7) is 0.232. The molecule has 0 radical (unpaired) electrons. The number of hydrogen-bond acceptors (Lipinski definition) is 3. The Hall–Kier alpha value is -2.71. The number of anilines is 1. The number of β-amino-alcohol motifs (C(OH)–C–C–N with tert-alkyl or cyclic N) is 1. The van der Waals surface area contributed by atoms with E-state index in [-0.39, 0.29) is 34.9 Å². The molecule has 1 fully saturated rings. The van der Waals surface area contributed by atoms with Crippen LogP contribution in [0.1, 0.15) is 22.3 Å². The zero-order chi connectivity index (χ0) is 20.4. The summed E-state index contributed by atoms with van der Waals surface area (Å²) in [5.41, 5.74) is 0.115. The number of halogens is 3. The van der Waals surface area contributed by atoms with Crippen molar-refractivity contribution in [2.45, 2.75) is 19.1 Å². The van der Waals surface area contributed by atoms with Crippen LogP contribution in [0.25, 0.3) is 0 Å². The number of nitrogens with zero attached hydrogens (tertiary/aromatic N) is 2. The molecular formula is C19H17ClF2N2O4. The largest absolute Gasteiger partial charge is 0.478 e. The standard InChI is InChI=1S/C19H17ClF2N2O4/c20-15-8-13(3-4-16(15)21)24(19(28)23-6-5-14(25)10-23)9-12-2-1-11(18(26)27)7-17(12)22/h1-4,7-8,14,25H,5-6,9-10H2,(H,26,27)/t14-/m1/s1. The van der Waals surface area contributed by atoms with Crippen molar-refractivity contribution >= 4 is 29.3 Å². The Kier molecular flexibility index (Phi) is 5.81. The summed E-state index contributed by atoms with van der Waals surface area (Å²) < 4.78 is 27.9. The summed E-state index contributed by atoms with van der Waals surface area (Å²) in [7, 11) is 0. The van der Waals surface area contributed by atoms with Gasteiger partial charge in [-0.15, -0.1) is 0 Å². The predicted octanol–water partition coefficient (Wildman–Crippen LogP) is 3.51. The van der Waals surface area contributed by atoms with Gasteiger partial charge in [0.1, 0.15) is 11.6 Å². The van der Waals surface area contributed by atoms with Crippen molar-refractivity contribution in [2.24, 2.45) is 0 Å². The van der Waals surface area contributed by atoms with Crippen LogP contribution in [-0.4, -0.2) is 46.3 Å².